The smallest absolute Gasteiger partial charge is 0.0286 e. The highest BCUT2D eigenvalue weighted by Crippen LogP contribution is 2.38. The van der Waals surface area contributed by atoms with E-state index in [0.29, 0.717) is 5.54 Å². The molecule has 1 saturated heterocycles. The summed E-state index contributed by atoms with van der Waals surface area (Å²) in [6, 6.07) is 1.62. The zero-order valence-electron chi connectivity index (χ0n) is 11.3. The molecule has 0 amide bonds. The van der Waals surface area contributed by atoms with Gasteiger partial charge in [0.2, 0.25) is 0 Å². The van der Waals surface area contributed by atoms with Crippen LogP contribution in [0.15, 0.2) is 0 Å². The first-order valence-electron chi connectivity index (χ1n) is 6.66. The van der Waals surface area contributed by atoms with Crippen molar-refractivity contribution in [1.29, 1.82) is 0 Å². The Morgan fingerprint density at radius 1 is 1.31 bits per heavy atom. The monoisotopic (exact) mass is 225 g/mol. The first-order valence-corrected chi connectivity index (χ1v) is 6.66. The van der Waals surface area contributed by atoms with E-state index in [9.17, 15) is 0 Å². The maximum Gasteiger partial charge on any atom is 0.0286 e. The molecule has 1 N–H and O–H groups in total. The molecule has 0 bridgehead atoms. The maximum absolute atomic E-state index is 3.29. The molecule has 0 aromatic rings. The third-order valence-electron chi connectivity index (χ3n) is 3.94. The van der Waals surface area contributed by atoms with Gasteiger partial charge < -0.3 is 10.2 Å². The van der Waals surface area contributed by atoms with Crippen LogP contribution in [-0.4, -0.2) is 61.2 Å². The van der Waals surface area contributed by atoms with Crippen molar-refractivity contribution < 1.29 is 0 Å². The molecule has 16 heavy (non-hydrogen) atoms. The van der Waals surface area contributed by atoms with Crippen molar-refractivity contribution in [2.75, 3.05) is 33.7 Å². The Morgan fingerprint density at radius 3 is 2.56 bits per heavy atom. The molecule has 1 aliphatic heterocycles. The summed E-state index contributed by atoms with van der Waals surface area (Å²) in [5.41, 5.74) is 0.354. The molecule has 1 atom stereocenters. The molecule has 2 fully saturated rings. The summed E-state index contributed by atoms with van der Waals surface area (Å²) in [5.74, 6) is 0. The van der Waals surface area contributed by atoms with Crippen molar-refractivity contribution >= 4 is 0 Å². The molecule has 2 rings (SSSR count). The molecular formula is C13H27N3. The van der Waals surface area contributed by atoms with Gasteiger partial charge in [0.1, 0.15) is 0 Å². The van der Waals surface area contributed by atoms with Gasteiger partial charge in [0, 0.05) is 30.7 Å². The van der Waals surface area contributed by atoms with Crippen LogP contribution in [0.25, 0.3) is 0 Å². The van der Waals surface area contributed by atoms with E-state index >= 15 is 0 Å². The van der Waals surface area contributed by atoms with Crippen molar-refractivity contribution in [3.05, 3.63) is 0 Å². The third-order valence-corrected chi connectivity index (χ3v) is 3.94. The van der Waals surface area contributed by atoms with E-state index in [1.165, 1.54) is 32.4 Å². The molecular weight excluding hydrogens is 198 g/mol. The third kappa shape index (κ3) is 2.58. The summed E-state index contributed by atoms with van der Waals surface area (Å²) in [5, 5.41) is 3.29. The van der Waals surface area contributed by atoms with Crippen LogP contribution in [0.4, 0.5) is 0 Å². The van der Waals surface area contributed by atoms with Crippen molar-refractivity contribution in [3.8, 4) is 0 Å². The number of nitrogens with one attached hydrogen (secondary N) is 1. The predicted octanol–water partition coefficient (Wildman–Crippen LogP) is 1.15. The molecule has 3 heteroatoms. The largest absolute Gasteiger partial charge is 0.320 e. The zero-order chi connectivity index (χ0) is 11.8. The highest BCUT2D eigenvalue weighted by atomic mass is 15.4. The fraction of sp³-hybridized carbons (Fsp3) is 1.00. The topological polar surface area (TPSA) is 18.5 Å². The second-order valence-corrected chi connectivity index (χ2v) is 6.19. The molecule has 1 aliphatic carbocycles. The number of rotatable bonds is 4. The summed E-state index contributed by atoms with van der Waals surface area (Å²) >= 11 is 0. The lowest BCUT2D eigenvalue weighted by atomic mass is 9.93. The second-order valence-electron chi connectivity index (χ2n) is 6.19. The average Bonchev–Trinajstić information content (AvgIpc) is 2.95. The van der Waals surface area contributed by atoms with Crippen LogP contribution in [0.2, 0.25) is 0 Å². The van der Waals surface area contributed by atoms with Crippen molar-refractivity contribution in [2.45, 2.75) is 50.7 Å². The minimum absolute atomic E-state index is 0.354. The second kappa shape index (κ2) is 4.63. The Labute approximate surface area is 100 Å². The van der Waals surface area contributed by atoms with E-state index in [1.54, 1.807) is 0 Å². The number of hydrogen-bond donors (Lipinski definition) is 1. The van der Waals surface area contributed by atoms with Crippen LogP contribution in [0.5, 0.6) is 0 Å². The molecule has 94 valence electrons. The molecule has 2 aliphatic rings. The maximum atomic E-state index is 3.29. The van der Waals surface area contributed by atoms with Crippen LogP contribution in [0.1, 0.15) is 33.1 Å². The number of hydrogen-bond acceptors (Lipinski definition) is 3. The Hall–Kier alpha value is -0.120. The molecule has 0 aromatic heterocycles. The molecule has 0 spiro atoms. The number of piperazine rings is 1. The normalized spacial score (nSPS) is 31.9. The van der Waals surface area contributed by atoms with Gasteiger partial charge in [0.25, 0.3) is 0 Å². The van der Waals surface area contributed by atoms with Crippen LogP contribution in [0, 0.1) is 0 Å². The first kappa shape index (κ1) is 12.3. The SMILES string of the molecule is CNCCC1CN(C)CC(C)(C)N1C1CC1. The highest BCUT2D eigenvalue weighted by molar-refractivity contribution is 5.02. The van der Waals surface area contributed by atoms with Crippen molar-refractivity contribution in [2.24, 2.45) is 0 Å². The lowest BCUT2D eigenvalue weighted by Crippen LogP contribution is -2.64. The fourth-order valence-corrected chi connectivity index (χ4v) is 3.44. The van der Waals surface area contributed by atoms with E-state index in [4.69, 9.17) is 0 Å². The molecule has 0 radical (unpaired) electrons. The van der Waals surface area contributed by atoms with E-state index < -0.39 is 0 Å². The summed E-state index contributed by atoms with van der Waals surface area (Å²) in [6.45, 7) is 8.40. The van der Waals surface area contributed by atoms with Crippen LogP contribution in [0.3, 0.4) is 0 Å². The van der Waals surface area contributed by atoms with Gasteiger partial charge in [0.05, 0.1) is 0 Å². The Bertz CT molecular complexity index is 235. The van der Waals surface area contributed by atoms with E-state index in [-0.39, 0.29) is 0 Å². The van der Waals surface area contributed by atoms with Gasteiger partial charge in [-0.15, -0.1) is 0 Å². The average molecular weight is 225 g/mol. The zero-order valence-corrected chi connectivity index (χ0v) is 11.3. The van der Waals surface area contributed by atoms with Crippen LogP contribution < -0.4 is 5.32 Å². The van der Waals surface area contributed by atoms with Gasteiger partial charge in [-0.05, 0) is 53.8 Å². The Balaban J connectivity index is 2.05. The van der Waals surface area contributed by atoms with Gasteiger partial charge in [-0.2, -0.15) is 0 Å². The quantitative estimate of drug-likeness (QED) is 0.774. The van der Waals surface area contributed by atoms with Crippen LogP contribution in [-0.2, 0) is 0 Å². The summed E-state index contributed by atoms with van der Waals surface area (Å²) < 4.78 is 0. The lowest BCUT2D eigenvalue weighted by molar-refractivity contribution is -0.0250. The van der Waals surface area contributed by atoms with E-state index in [0.717, 1.165) is 18.6 Å². The summed E-state index contributed by atoms with van der Waals surface area (Å²) in [6.07, 6.45) is 4.12. The van der Waals surface area contributed by atoms with Gasteiger partial charge in [-0.25, -0.2) is 0 Å². The van der Waals surface area contributed by atoms with Crippen molar-refractivity contribution in [1.82, 2.24) is 15.1 Å². The van der Waals surface area contributed by atoms with Gasteiger partial charge in [-0.1, -0.05) is 0 Å². The Kier molecular flexibility index (Phi) is 3.57. The van der Waals surface area contributed by atoms with Crippen molar-refractivity contribution in [3.63, 3.8) is 0 Å². The molecule has 0 aromatic carbocycles. The summed E-state index contributed by atoms with van der Waals surface area (Å²) in [4.78, 5) is 5.31. The van der Waals surface area contributed by atoms with E-state index in [1.807, 2.05) is 0 Å². The summed E-state index contributed by atoms with van der Waals surface area (Å²) in [7, 11) is 4.32. The van der Waals surface area contributed by atoms with Gasteiger partial charge in [0.15, 0.2) is 0 Å². The molecule has 1 saturated carbocycles. The van der Waals surface area contributed by atoms with E-state index in [2.05, 4.69) is 43.1 Å². The minimum Gasteiger partial charge on any atom is -0.320 e. The van der Waals surface area contributed by atoms with Gasteiger partial charge in [-0.3, -0.25) is 4.90 Å². The minimum atomic E-state index is 0.354. The lowest BCUT2D eigenvalue weighted by Gasteiger charge is -2.51. The first-order chi connectivity index (χ1) is 7.54. The highest BCUT2D eigenvalue weighted by Gasteiger charge is 2.45. The molecule has 3 nitrogen and oxygen atoms in total. The standard InChI is InChI=1S/C13H27N3/c1-13(2)10-15(4)9-12(7-8-14-3)16(13)11-5-6-11/h11-12,14H,5-10H2,1-4H3. The fourth-order valence-electron chi connectivity index (χ4n) is 3.44. The van der Waals surface area contributed by atoms with Gasteiger partial charge >= 0.3 is 0 Å². The Morgan fingerprint density at radius 2 is 2.00 bits per heavy atom. The number of nitrogens with zero attached hydrogens (tertiary/aromatic N) is 2. The molecule has 1 heterocycles. The predicted molar refractivity (Wildman–Crippen MR) is 68.8 cm³/mol. The van der Waals surface area contributed by atoms with Crippen LogP contribution >= 0.6 is 0 Å². The number of likely N-dealkylation sites (N-methyl/N-ethyl adjacent to an activating group) is 1. The molecule has 1 unspecified atom stereocenters.